The Bertz CT molecular complexity index is 417. The molecule has 102 valence electrons. The van der Waals surface area contributed by atoms with Gasteiger partial charge in [-0.3, -0.25) is 0 Å². The highest BCUT2D eigenvalue weighted by molar-refractivity contribution is 9.10. The molecular formula is C9H3BrClF7. The van der Waals surface area contributed by atoms with Gasteiger partial charge in [-0.1, -0.05) is 27.5 Å². The summed E-state index contributed by atoms with van der Waals surface area (Å²) in [5.74, 6) is 0. The highest BCUT2D eigenvalue weighted by Crippen LogP contribution is 2.53. The molecule has 0 fully saturated rings. The molecule has 0 saturated heterocycles. The lowest BCUT2D eigenvalue weighted by Crippen LogP contribution is -2.50. The van der Waals surface area contributed by atoms with Crippen LogP contribution in [0.2, 0.25) is 5.02 Å². The van der Waals surface area contributed by atoms with Crippen molar-refractivity contribution in [3.05, 3.63) is 33.3 Å². The molecule has 0 radical (unpaired) electrons. The summed E-state index contributed by atoms with van der Waals surface area (Å²) in [6, 6.07) is 1.71. The van der Waals surface area contributed by atoms with Crippen molar-refractivity contribution in [1.29, 1.82) is 0 Å². The van der Waals surface area contributed by atoms with Crippen LogP contribution in [0.5, 0.6) is 0 Å². The van der Waals surface area contributed by atoms with Crippen LogP contribution in [0.25, 0.3) is 0 Å². The first kappa shape index (κ1) is 15.6. The van der Waals surface area contributed by atoms with Gasteiger partial charge in [0, 0.05) is 15.1 Å². The lowest BCUT2D eigenvalue weighted by molar-refractivity contribution is -0.348. The topological polar surface area (TPSA) is 0 Å². The van der Waals surface area contributed by atoms with E-state index in [4.69, 9.17) is 11.6 Å². The van der Waals surface area contributed by atoms with Crippen molar-refractivity contribution in [1.82, 2.24) is 0 Å². The van der Waals surface area contributed by atoms with Crippen LogP contribution in [0.3, 0.4) is 0 Å². The van der Waals surface area contributed by atoms with Gasteiger partial charge in [-0.2, -0.15) is 26.3 Å². The van der Waals surface area contributed by atoms with Crippen LogP contribution < -0.4 is 0 Å². The van der Waals surface area contributed by atoms with E-state index in [2.05, 4.69) is 15.9 Å². The molecule has 9 heteroatoms. The van der Waals surface area contributed by atoms with E-state index in [0.29, 0.717) is 6.07 Å². The fourth-order valence-corrected chi connectivity index (χ4v) is 2.10. The van der Waals surface area contributed by atoms with E-state index < -0.39 is 28.6 Å². The average Bonchev–Trinajstić information content (AvgIpc) is 2.11. The maximum atomic E-state index is 13.6. The van der Waals surface area contributed by atoms with Crippen LogP contribution >= 0.6 is 27.5 Å². The van der Waals surface area contributed by atoms with Crippen molar-refractivity contribution >= 4 is 27.5 Å². The third kappa shape index (κ3) is 2.59. The highest BCUT2D eigenvalue weighted by Gasteiger charge is 2.73. The van der Waals surface area contributed by atoms with Gasteiger partial charge in [0.25, 0.3) is 0 Å². The van der Waals surface area contributed by atoms with Gasteiger partial charge in [-0.05, 0) is 18.2 Å². The minimum Gasteiger partial charge on any atom is -0.218 e. The van der Waals surface area contributed by atoms with Crippen LogP contribution in [-0.4, -0.2) is 12.4 Å². The Morgan fingerprint density at radius 2 is 1.28 bits per heavy atom. The number of rotatable bonds is 1. The third-order valence-corrected chi connectivity index (χ3v) is 2.72. The van der Waals surface area contributed by atoms with Gasteiger partial charge in [0.2, 0.25) is 0 Å². The monoisotopic (exact) mass is 358 g/mol. The Kier molecular flexibility index (Phi) is 3.94. The van der Waals surface area contributed by atoms with E-state index in [9.17, 15) is 30.7 Å². The van der Waals surface area contributed by atoms with Gasteiger partial charge >= 0.3 is 18.0 Å². The van der Waals surface area contributed by atoms with Crippen LogP contribution in [0.15, 0.2) is 22.7 Å². The number of benzene rings is 1. The third-order valence-electron chi connectivity index (χ3n) is 2.04. The quantitative estimate of drug-likeness (QED) is 0.590. The average molecular weight is 359 g/mol. The highest BCUT2D eigenvalue weighted by atomic mass is 79.9. The molecule has 0 unspecified atom stereocenters. The second-order valence-electron chi connectivity index (χ2n) is 3.31. The van der Waals surface area contributed by atoms with E-state index in [1.54, 1.807) is 0 Å². The second kappa shape index (κ2) is 4.56. The van der Waals surface area contributed by atoms with Crippen molar-refractivity contribution in [3.63, 3.8) is 0 Å². The molecule has 0 saturated carbocycles. The van der Waals surface area contributed by atoms with Gasteiger partial charge in [0.1, 0.15) is 0 Å². The second-order valence-corrected chi connectivity index (χ2v) is 4.66. The fraction of sp³-hybridized carbons (Fsp3) is 0.333. The van der Waals surface area contributed by atoms with Crippen molar-refractivity contribution in [2.75, 3.05) is 0 Å². The summed E-state index contributed by atoms with van der Waals surface area (Å²) in [4.78, 5) is 0. The minimum atomic E-state index is -6.14. The van der Waals surface area contributed by atoms with Crippen LogP contribution in [0.4, 0.5) is 30.7 Å². The van der Waals surface area contributed by atoms with Crippen molar-refractivity contribution in [3.8, 4) is 0 Å². The van der Waals surface area contributed by atoms with Gasteiger partial charge in [-0.15, -0.1) is 0 Å². The number of hydrogen-bond donors (Lipinski definition) is 0. The molecule has 18 heavy (non-hydrogen) atoms. The van der Waals surface area contributed by atoms with Gasteiger partial charge < -0.3 is 0 Å². The summed E-state index contributed by atoms with van der Waals surface area (Å²) in [6.07, 6.45) is -12.3. The smallest absolute Gasteiger partial charge is 0.218 e. The summed E-state index contributed by atoms with van der Waals surface area (Å²) in [7, 11) is 0. The van der Waals surface area contributed by atoms with E-state index in [1.807, 2.05) is 0 Å². The number of hydrogen-bond acceptors (Lipinski definition) is 0. The summed E-state index contributed by atoms with van der Waals surface area (Å²) < 4.78 is 87.8. The molecule has 0 aliphatic carbocycles. The normalized spacial score (nSPS) is 13.8. The molecule has 0 bridgehead atoms. The molecule has 0 spiro atoms. The summed E-state index contributed by atoms with van der Waals surface area (Å²) in [6.45, 7) is 0. The van der Waals surface area contributed by atoms with Gasteiger partial charge in [0.15, 0.2) is 0 Å². The zero-order chi connectivity index (χ0) is 14.4. The van der Waals surface area contributed by atoms with Crippen LogP contribution in [-0.2, 0) is 5.67 Å². The maximum Gasteiger partial charge on any atom is 0.435 e. The first-order valence-corrected chi connectivity index (χ1v) is 5.35. The predicted molar refractivity (Wildman–Crippen MR) is 54.0 cm³/mol. The minimum absolute atomic E-state index is 0.194. The molecular weight excluding hydrogens is 356 g/mol. The molecule has 0 atom stereocenters. The summed E-state index contributed by atoms with van der Waals surface area (Å²) in [5.41, 5.74) is -7.09. The number of alkyl halides is 7. The summed E-state index contributed by atoms with van der Waals surface area (Å²) in [5, 5.41) is -0.449. The molecule has 0 amide bonds. The van der Waals surface area contributed by atoms with Crippen LogP contribution in [0.1, 0.15) is 5.56 Å². The van der Waals surface area contributed by atoms with Crippen molar-refractivity contribution in [2.24, 2.45) is 0 Å². The van der Waals surface area contributed by atoms with E-state index in [1.165, 1.54) is 0 Å². The first-order chi connectivity index (χ1) is 7.89. The zero-order valence-corrected chi connectivity index (χ0v) is 10.5. The molecule has 0 heterocycles. The first-order valence-electron chi connectivity index (χ1n) is 4.18. The molecule has 0 nitrogen and oxygen atoms in total. The Morgan fingerprint density at radius 1 is 0.833 bits per heavy atom. The zero-order valence-electron chi connectivity index (χ0n) is 8.13. The van der Waals surface area contributed by atoms with Crippen molar-refractivity contribution < 1.29 is 30.7 Å². The molecule has 1 aromatic rings. The molecule has 1 aromatic carbocycles. The van der Waals surface area contributed by atoms with E-state index >= 15 is 0 Å². The molecule has 0 aromatic heterocycles. The van der Waals surface area contributed by atoms with Gasteiger partial charge in [-0.25, -0.2) is 4.39 Å². The largest absolute Gasteiger partial charge is 0.435 e. The maximum absolute atomic E-state index is 13.6. The molecule has 0 N–H and O–H groups in total. The Morgan fingerprint density at radius 3 is 1.61 bits per heavy atom. The Labute approximate surface area is 110 Å². The number of halogens is 9. The molecule has 0 aliphatic rings. The Hall–Kier alpha value is -0.500. The lowest BCUT2D eigenvalue weighted by atomic mass is 9.94. The lowest BCUT2D eigenvalue weighted by Gasteiger charge is -2.30. The standard InChI is InChI=1S/C9H3BrClF7/c10-5-1-4(2-6(11)3-5)7(12,8(13,14)15)9(16,17)18/h1-3H. The van der Waals surface area contributed by atoms with Crippen LogP contribution in [0, 0.1) is 0 Å². The predicted octanol–water partition coefficient (Wildman–Crippen LogP) is 5.39. The van der Waals surface area contributed by atoms with E-state index in [0.717, 1.165) is 6.07 Å². The SMILES string of the molecule is FC(F)(F)C(F)(c1cc(Cl)cc(Br)c1)C(F)(F)F. The molecule has 1 rings (SSSR count). The molecule has 0 aliphatic heterocycles. The van der Waals surface area contributed by atoms with Gasteiger partial charge in [0.05, 0.1) is 0 Å². The summed E-state index contributed by atoms with van der Waals surface area (Å²) >= 11 is 7.98. The Balaban J connectivity index is 3.55. The van der Waals surface area contributed by atoms with Crippen molar-refractivity contribution in [2.45, 2.75) is 18.0 Å². The van der Waals surface area contributed by atoms with E-state index in [-0.39, 0.29) is 10.5 Å². The fourth-order valence-electron chi connectivity index (χ4n) is 1.24.